The predicted molar refractivity (Wildman–Crippen MR) is 83.6 cm³/mol. The van der Waals surface area contributed by atoms with E-state index >= 15 is 0 Å². The van der Waals surface area contributed by atoms with Gasteiger partial charge in [0.2, 0.25) is 0 Å². The lowest BCUT2D eigenvalue weighted by Gasteiger charge is -2.23. The molecule has 0 spiro atoms. The number of fused-ring (bicyclic) bond motifs is 2. The highest BCUT2D eigenvalue weighted by molar-refractivity contribution is 5.98. The van der Waals surface area contributed by atoms with E-state index in [-0.39, 0.29) is 5.56 Å². The molecule has 0 aliphatic carbocycles. The number of hydrogen-bond acceptors (Lipinski definition) is 4. The molecule has 1 heterocycles. The Kier molecular flexibility index (Phi) is 3.87. The van der Waals surface area contributed by atoms with Gasteiger partial charge in [0, 0.05) is 6.07 Å². The first-order valence-electron chi connectivity index (χ1n) is 7.27. The average molecular weight is 299 g/mol. The van der Waals surface area contributed by atoms with Crippen LogP contribution in [0.15, 0.2) is 36.4 Å². The van der Waals surface area contributed by atoms with Crippen molar-refractivity contribution in [2.24, 2.45) is 0 Å². The maximum absolute atomic E-state index is 11.3. The molecular weight excluding hydrogens is 282 g/mol. The van der Waals surface area contributed by atoms with Gasteiger partial charge in [-0.3, -0.25) is 0 Å². The van der Waals surface area contributed by atoms with Crippen molar-refractivity contribution in [2.75, 3.05) is 11.9 Å². The summed E-state index contributed by atoms with van der Waals surface area (Å²) < 4.78 is 11.5. The topological polar surface area (TPSA) is 67.8 Å². The van der Waals surface area contributed by atoms with Gasteiger partial charge >= 0.3 is 5.97 Å². The minimum absolute atomic E-state index is 0.187. The van der Waals surface area contributed by atoms with Crippen molar-refractivity contribution in [3.63, 3.8) is 0 Å². The molecule has 2 aromatic rings. The van der Waals surface area contributed by atoms with E-state index < -0.39 is 5.97 Å². The van der Waals surface area contributed by atoms with Gasteiger partial charge in [0.15, 0.2) is 11.5 Å². The number of carbonyl (C=O) groups is 1. The van der Waals surface area contributed by atoms with Crippen LogP contribution in [-0.2, 0) is 0 Å². The Balaban J connectivity index is 1.87. The molecule has 2 aromatic carbocycles. The summed E-state index contributed by atoms with van der Waals surface area (Å²) in [5.74, 6) is 0.880. The van der Waals surface area contributed by atoms with Crippen LogP contribution in [0.3, 0.4) is 0 Å². The number of benzene rings is 2. The Labute approximate surface area is 128 Å². The first kappa shape index (κ1) is 14.3. The lowest BCUT2D eigenvalue weighted by Crippen LogP contribution is -2.09. The molecule has 0 fully saturated rings. The second-order valence-electron chi connectivity index (χ2n) is 5.07. The Morgan fingerprint density at radius 1 is 1.27 bits per heavy atom. The molecule has 1 aliphatic rings. The van der Waals surface area contributed by atoms with E-state index in [0.717, 1.165) is 24.3 Å². The molecule has 0 amide bonds. The Bertz CT molecular complexity index is 712. The highest BCUT2D eigenvalue weighted by Crippen LogP contribution is 2.44. The fraction of sp³-hybridized carbons (Fsp3) is 0.235. The van der Waals surface area contributed by atoms with Gasteiger partial charge in [0.05, 0.1) is 23.5 Å². The fourth-order valence-corrected chi connectivity index (χ4v) is 2.29. The molecule has 5 nitrogen and oxygen atoms in total. The lowest BCUT2D eigenvalue weighted by molar-refractivity contribution is 0.0697. The maximum atomic E-state index is 11.3. The van der Waals surface area contributed by atoms with E-state index in [1.165, 1.54) is 0 Å². The third kappa shape index (κ3) is 2.70. The second-order valence-corrected chi connectivity index (χ2v) is 5.07. The number of ether oxygens (including phenoxy) is 2. The molecule has 2 N–H and O–H groups in total. The molecule has 0 saturated heterocycles. The van der Waals surface area contributed by atoms with Crippen LogP contribution >= 0.6 is 0 Å². The Hall–Kier alpha value is -2.69. The van der Waals surface area contributed by atoms with Crippen LogP contribution in [0.2, 0.25) is 0 Å². The van der Waals surface area contributed by atoms with Crippen molar-refractivity contribution in [1.82, 2.24) is 0 Å². The van der Waals surface area contributed by atoms with E-state index in [1.807, 2.05) is 18.2 Å². The molecule has 0 unspecified atom stereocenters. The normalized spacial score (nSPS) is 11.7. The summed E-state index contributed by atoms with van der Waals surface area (Å²) in [6.45, 7) is 2.78. The van der Waals surface area contributed by atoms with Crippen LogP contribution in [0.5, 0.6) is 17.2 Å². The molecule has 5 heteroatoms. The number of rotatable bonds is 5. The van der Waals surface area contributed by atoms with Crippen LogP contribution < -0.4 is 14.8 Å². The molecule has 0 saturated carbocycles. The van der Waals surface area contributed by atoms with Gasteiger partial charge in [-0.2, -0.15) is 0 Å². The number of carboxylic acid groups (broad SMARTS) is 1. The summed E-state index contributed by atoms with van der Waals surface area (Å²) in [4.78, 5) is 11.3. The Morgan fingerprint density at radius 3 is 2.91 bits per heavy atom. The molecule has 0 atom stereocenters. The van der Waals surface area contributed by atoms with Gasteiger partial charge in [-0.15, -0.1) is 0 Å². The van der Waals surface area contributed by atoms with Crippen molar-refractivity contribution in [1.29, 1.82) is 0 Å². The predicted octanol–water partition coefficient (Wildman–Crippen LogP) is 4.41. The summed E-state index contributed by atoms with van der Waals surface area (Å²) in [5.41, 5.74) is 1.39. The number of aromatic carboxylic acids is 1. The van der Waals surface area contributed by atoms with Crippen molar-refractivity contribution < 1.29 is 19.4 Å². The largest absolute Gasteiger partial charge is 0.493 e. The maximum Gasteiger partial charge on any atom is 0.337 e. The van der Waals surface area contributed by atoms with Crippen molar-refractivity contribution in [3.8, 4) is 17.2 Å². The van der Waals surface area contributed by atoms with E-state index in [1.54, 1.807) is 18.2 Å². The highest BCUT2D eigenvalue weighted by atomic mass is 16.5. The third-order valence-corrected chi connectivity index (χ3v) is 3.46. The van der Waals surface area contributed by atoms with Crippen LogP contribution in [-0.4, -0.2) is 17.7 Å². The summed E-state index contributed by atoms with van der Waals surface area (Å²) >= 11 is 0. The molecule has 114 valence electrons. The fourth-order valence-electron chi connectivity index (χ4n) is 2.29. The first-order chi connectivity index (χ1) is 10.7. The van der Waals surface area contributed by atoms with Gasteiger partial charge in [-0.1, -0.05) is 19.4 Å². The minimum Gasteiger partial charge on any atom is -0.493 e. The molecular formula is C17H17NO4. The molecule has 0 bridgehead atoms. The Morgan fingerprint density at radius 2 is 2.14 bits per heavy atom. The molecule has 0 radical (unpaired) electrons. The quantitative estimate of drug-likeness (QED) is 0.683. The number of para-hydroxylation sites is 1. The van der Waals surface area contributed by atoms with Gasteiger partial charge in [-0.25, -0.2) is 4.79 Å². The zero-order valence-corrected chi connectivity index (χ0v) is 12.3. The molecule has 1 aliphatic heterocycles. The smallest absolute Gasteiger partial charge is 0.337 e. The van der Waals surface area contributed by atoms with Gasteiger partial charge in [0.25, 0.3) is 0 Å². The zero-order valence-electron chi connectivity index (χ0n) is 12.3. The summed E-state index contributed by atoms with van der Waals surface area (Å²) in [5, 5.41) is 12.4. The molecule has 22 heavy (non-hydrogen) atoms. The standard InChI is InChI=1S/C17H17NO4/c1-2-3-9-21-11-7-8-13-15(10-11)22-14-6-4-5-12(17(19)20)16(14)18-13/h4-8,10,18H,2-3,9H2,1H3,(H,19,20). The number of carboxylic acids is 1. The molecule has 0 aromatic heterocycles. The number of anilines is 2. The van der Waals surface area contributed by atoms with Crippen LogP contribution in [0, 0.1) is 0 Å². The van der Waals surface area contributed by atoms with Gasteiger partial charge in [0.1, 0.15) is 5.75 Å². The van der Waals surface area contributed by atoms with E-state index in [4.69, 9.17) is 9.47 Å². The third-order valence-electron chi connectivity index (χ3n) is 3.46. The average Bonchev–Trinajstić information content (AvgIpc) is 2.52. The number of unbranched alkanes of at least 4 members (excludes halogenated alkanes) is 1. The summed E-state index contributed by atoms with van der Waals surface area (Å²) in [6, 6.07) is 10.4. The SMILES string of the molecule is CCCCOc1ccc2c(c1)Oc1cccc(C(=O)O)c1N2. The van der Waals surface area contributed by atoms with Crippen LogP contribution in [0.25, 0.3) is 0 Å². The van der Waals surface area contributed by atoms with Crippen molar-refractivity contribution >= 4 is 17.3 Å². The van der Waals surface area contributed by atoms with E-state index in [0.29, 0.717) is 23.8 Å². The number of hydrogen-bond donors (Lipinski definition) is 2. The van der Waals surface area contributed by atoms with E-state index in [2.05, 4.69) is 12.2 Å². The minimum atomic E-state index is -0.990. The molecule has 3 rings (SSSR count). The monoisotopic (exact) mass is 299 g/mol. The second kappa shape index (κ2) is 5.97. The zero-order chi connectivity index (χ0) is 15.5. The van der Waals surface area contributed by atoms with Crippen LogP contribution in [0.1, 0.15) is 30.1 Å². The van der Waals surface area contributed by atoms with Crippen molar-refractivity contribution in [2.45, 2.75) is 19.8 Å². The first-order valence-corrected chi connectivity index (χ1v) is 7.27. The summed E-state index contributed by atoms with van der Waals surface area (Å²) in [6.07, 6.45) is 2.08. The van der Waals surface area contributed by atoms with Crippen LogP contribution in [0.4, 0.5) is 11.4 Å². The number of nitrogens with one attached hydrogen (secondary N) is 1. The lowest BCUT2D eigenvalue weighted by atomic mass is 10.1. The van der Waals surface area contributed by atoms with E-state index in [9.17, 15) is 9.90 Å². The van der Waals surface area contributed by atoms with Gasteiger partial charge < -0.3 is 19.9 Å². The summed E-state index contributed by atoms with van der Waals surface area (Å²) in [7, 11) is 0. The highest BCUT2D eigenvalue weighted by Gasteiger charge is 2.22. The van der Waals surface area contributed by atoms with Gasteiger partial charge in [-0.05, 0) is 30.7 Å². The van der Waals surface area contributed by atoms with Crippen molar-refractivity contribution in [3.05, 3.63) is 42.0 Å².